The van der Waals surface area contributed by atoms with Gasteiger partial charge in [-0.3, -0.25) is 19.1 Å². The normalized spacial score (nSPS) is 11.5. The fraction of sp³-hybridized carbons (Fsp3) is 0.217. The van der Waals surface area contributed by atoms with Crippen molar-refractivity contribution in [2.45, 2.75) is 25.9 Å². The number of carbonyl (C=O) groups excluding carboxylic acids is 1. The number of aromatic nitrogens is 4. The van der Waals surface area contributed by atoms with Crippen LogP contribution in [0.15, 0.2) is 65.8 Å². The molecule has 0 fully saturated rings. The van der Waals surface area contributed by atoms with Crippen molar-refractivity contribution in [2.24, 2.45) is 0 Å². The smallest absolute Gasteiger partial charge is 0.306 e. The van der Waals surface area contributed by atoms with Crippen LogP contribution >= 0.6 is 0 Å². The van der Waals surface area contributed by atoms with Crippen molar-refractivity contribution in [1.82, 2.24) is 24.8 Å². The van der Waals surface area contributed by atoms with E-state index in [0.29, 0.717) is 12.2 Å². The monoisotopic (exact) mass is 458 g/mol. The number of alkyl halides is 2. The molecule has 176 valence electrons. The van der Waals surface area contributed by atoms with Gasteiger partial charge < -0.3 is 15.6 Å². The average molecular weight is 459 g/mol. The summed E-state index contributed by atoms with van der Waals surface area (Å²) in [6.45, 7) is 0.794. The Morgan fingerprint density at radius 1 is 1.21 bits per heavy atom. The van der Waals surface area contributed by atoms with Crippen LogP contribution in [0.25, 0.3) is 10.9 Å². The van der Waals surface area contributed by atoms with Crippen molar-refractivity contribution in [3.8, 4) is 0 Å². The molecule has 0 bridgehead atoms. The molecule has 0 aliphatic rings. The van der Waals surface area contributed by atoms with Crippen molar-refractivity contribution in [1.29, 1.82) is 0 Å². The van der Waals surface area contributed by atoms with Crippen molar-refractivity contribution in [2.75, 3.05) is 11.9 Å². The number of amides is 1. The molecule has 0 aliphatic carbocycles. The van der Waals surface area contributed by atoms with Crippen LogP contribution in [0.1, 0.15) is 21.2 Å². The zero-order valence-corrected chi connectivity index (χ0v) is 17.8. The Hall–Kier alpha value is -4.08. The SMILES string of the molecule is Cc1cnc(NCC(F)(F)c2ccccn2)c(=O)n1CC(=O)NCc1ccc2[nH]ccc2c1.[HH].[HH].[HH]. The second-order valence-electron chi connectivity index (χ2n) is 7.59. The first kappa shape index (κ1) is 22.1. The molecule has 0 saturated carbocycles. The number of benzene rings is 1. The molecule has 8 nitrogen and oxygen atoms in total. The lowest BCUT2D eigenvalue weighted by Gasteiger charge is -2.17. The van der Waals surface area contributed by atoms with Gasteiger partial charge in [-0.25, -0.2) is 4.98 Å². The molecule has 1 amide bonds. The highest BCUT2D eigenvalue weighted by Crippen LogP contribution is 2.25. The van der Waals surface area contributed by atoms with Crippen LogP contribution in [0.5, 0.6) is 0 Å². The summed E-state index contributed by atoms with van der Waals surface area (Å²) in [5.74, 6) is -3.95. The van der Waals surface area contributed by atoms with Gasteiger partial charge in [0.05, 0.1) is 6.54 Å². The first-order valence-electron chi connectivity index (χ1n) is 10.3. The third-order valence-electron chi connectivity index (χ3n) is 5.18. The third-order valence-corrected chi connectivity index (χ3v) is 5.18. The van der Waals surface area contributed by atoms with E-state index < -0.39 is 23.7 Å². The molecule has 10 heteroatoms. The highest BCUT2D eigenvalue weighted by molar-refractivity contribution is 5.80. The average Bonchev–Trinajstić information content (AvgIpc) is 3.28. The first-order chi connectivity index (χ1) is 15.8. The van der Waals surface area contributed by atoms with Gasteiger partial charge in [0, 0.05) is 40.6 Å². The molecule has 3 heterocycles. The van der Waals surface area contributed by atoms with E-state index in [0.717, 1.165) is 16.5 Å². The lowest BCUT2D eigenvalue weighted by atomic mass is 10.1. The fourth-order valence-corrected chi connectivity index (χ4v) is 3.37. The topological polar surface area (TPSA) is 105 Å². The lowest BCUT2D eigenvalue weighted by Crippen LogP contribution is -2.36. The van der Waals surface area contributed by atoms with Gasteiger partial charge >= 0.3 is 5.92 Å². The van der Waals surface area contributed by atoms with E-state index in [1.807, 2.05) is 30.5 Å². The Morgan fingerprint density at radius 2 is 2.06 bits per heavy atom. The van der Waals surface area contributed by atoms with Crippen LogP contribution in [0, 0.1) is 6.92 Å². The van der Waals surface area contributed by atoms with E-state index in [2.05, 4.69) is 25.6 Å². The number of halogens is 2. The zero-order valence-electron chi connectivity index (χ0n) is 17.8. The molecule has 0 saturated heterocycles. The molecule has 4 rings (SSSR count). The quantitative estimate of drug-likeness (QED) is 0.374. The number of hydrogen-bond donors (Lipinski definition) is 3. The van der Waals surface area contributed by atoms with Crippen molar-refractivity contribution < 1.29 is 17.9 Å². The van der Waals surface area contributed by atoms with E-state index in [-0.39, 0.29) is 22.5 Å². The minimum absolute atomic E-state index is 0. The Morgan fingerprint density at radius 3 is 2.85 bits per heavy atom. The van der Waals surface area contributed by atoms with Gasteiger partial charge in [-0.2, -0.15) is 8.78 Å². The Kier molecular flexibility index (Phi) is 6.16. The van der Waals surface area contributed by atoms with Crippen LogP contribution in [-0.4, -0.2) is 32.0 Å². The maximum Gasteiger partial charge on any atom is 0.306 e. The highest BCUT2D eigenvalue weighted by Gasteiger charge is 2.33. The number of nitrogens with one attached hydrogen (secondary N) is 3. The summed E-state index contributed by atoms with van der Waals surface area (Å²) in [6, 6.07) is 11.9. The predicted molar refractivity (Wildman–Crippen MR) is 126 cm³/mol. The summed E-state index contributed by atoms with van der Waals surface area (Å²) < 4.78 is 29.9. The standard InChI is InChI=1S/C23H22F2N6O2.3H2/c1-15-11-29-21(30-14-23(24,25)19-4-2-3-8-27-19)22(33)31(15)13-20(32)28-12-16-5-6-18-17(10-16)7-9-26-18;;;/h2-11,26H,12-14H2,1H3,(H,28,32)(H,29,30);3*1H. The summed E-state index contributed by atoms with van der Waals surface area (Å²) in [5.41, 5.74) is 1.27. The van der Waals surface area contributed by atoms with E-state index in [1.54, 1.807) is 6.92 Å². The Balaban J connectivity index is 0.00000216. The molecule has 0 atom stereocenters. The number of aryl methyl sites for hydroxylation is 1. The maximum absolute atomic E-state index is 14.4. The number of aromatic amines is 1. The molecule has 3 N–H and O–H groups in total. The van der Waals surface area contributed by atoms with Crippen molar-refractivity contribution >= 4 is 22.6 Å². The fourth-order valence-electron chi connectivity index (χ4n) is 3.37. The number of anilines is 1. The predicted octanol–water partition coefficient (Wildman–Crippen LogP) is 3.69. The van der Waals surface area contributed by atoms with E-state index >= 15 is 0 Å². The summed E-state index contributed by atoms with van der Waals surface area (Å²) in [7, 11) is 0. The number of hydrogen-bond acceptors (Lipinski definition) is 5. The van der Waals surface area contributed by atoms with E-state index in [1.165, 1.54) is 35.2 Å². The molecule has 4 aromatic rings. The van der Waals surface area contributed by atoms with Gasteiger partial charge in [0.15, 0.2) is 5.82 Å². The molecule has 33 heavy (non-hydrogen) atoms. The van der Waals surface area contributed by atoms with Crippen molar-refractivity contribution in [3.05, 3.63) is 88.4 Å². The van der Waals surface area contributed by atoms with Crippen LogP contribution in [-0.2, 0) is 23.8 Å². The summed E-state index contributed by atoms with van der Waals surface area (Å²) >= 11 is 0. The summed E-state index contributed by atoms with van der Waals surface area (Å²) in [4.78, 5) is 35.9. The van der Waals surface area contributed by atoms with Crippen LogP contribution in [0.4, 0.5) is 14.6 Å². The van der Waals surface area contributed by atoms with E-state index in [4.69, 9.17) is 0 Å². The first-order valence-corrected chi connectivity index (χ1v) is 10.3. The van der Waals surface area contributed by atoms with Crippen LogP contribution < -0.4 is 16.2 Å². The highest BCUT2D eigenvalue weighted by atomic mass is 19.3. The van der Waals surface area contributed by atoms with E-state index in [9.17, 15) is 18.4 Å². The molecule has 0 spiro atoms. The number of rotatable bonds is 8. The molecule has 0 radical (unpaired) electrons. The zero-order chi connectivity index (χ0) is 23.4. The molecule has 1 aromatic carbocycles. The summed E-state index contributed by atoms with van der Waals surface area (Å²) in [5, 5.41) is 6.20. The number of carbonyl (C=O) groups is 1. The minimum atomic E-state index is -3.30. The second-order valence-corrected chi connectivity index (χ2v) is 7.59. The Labute approximate surface area is 192 Å². The number of fused-ring (bicyclic) bond motifs is 1. The van der Waals surface area contributed by atoms with Gasteiger partial charge in [0.2, 0.25) is 5.91 Å². The number of nitrogens with zero attached hydrogens (tertiary/aromatic N) is 3. The molecule has 3 aromatic heterocycles. The van der Waals surface area contributed by atoms with Gasteiger partial charge in [-0.15, -0.1) is 0 Å². The molecule has 0 aliphatic heterocycles. The molecular weight excluding hydrogens is 430 g/mol. The van der Waals surface area contributed by atoms with Gasteiger partial charge in [0.25, 0.3) is 5.56 Å². The molecule has 0 unspecified atom stereocenters. The maximum atomic E-state index is 14.4. The van der Waals surface area contributed by atoms with Crippen LogP contribution in [0.2, 0.25) is 0 Å². The van der Waals surface area contributed by atoms with Gasteiger partial charge in [-0.05, 0) is 48.2 Å². The van der Waals surface area contributed by atoms with Crippen LogP contribution in [0.3, 0.4) is 0 Å². The molecular formula is C23H28F2N6O2. The van der Waals surface area contributed by atoms with Gasteiger partial charge in [0.1, 0.15) is 12.2 Å². The third kappa shape index (κ3) is 5.05. The largest absolute Gasteiger partial charge is 0.361 e. The Bertz CT molecular complexity index is 1350. The second kappa shape index (κ2) is 9.19. The minimum Gasteiger partial charge on any atom is -0.361 e. The lowest BCUT2D eigenvalue weighted by molar-refractivity contribution is -0.121. The number of pyridine rings is 1. The number of H-pyrrole nitrogens is 1. The van der Waals surface area contributed by atoms with Crippen molar-refractivity contribution in [3.63, 3.8) is 0 Å². The van der Waals surface area contributed by atoms with Gasteiger partial charge in [-0.1, -0.05) is 12.1 Å². The summed E-state index contributed by atoms with van der Waals surface area (Å²) in [6.07, 6.45) is 4.47.